The van der Waals surface area contributed by atoms with Crippen LogP contribution in [0.2, 0.25) is 0 Å². The quantitative estimate of drug-likeness (QED) is 0.722. The van der Waals surface area contributed by atoms with Gasteiger partial charge in [-0.1, -0.05) is 0 Å². The fourth-order valence-electron chi connectivity index (χ4n) is 0.839. The fourth-order valence-corrected chi connectivity index (χ4v) is 0.839. The molecule has 0 bridgehead atoms. The van der Waals surface area contributed by atoms with Crippen molar-refractivity contribution in [3.05, 3.63) is 17.7 Å². The Balaban J connectivity index is 3.04. The van der Waals surface area contributed by atoms with Crippen molar-refractivity contribution in [1.82, 2.24) is 9.55 Å². The molecule has 1 N–H and O–H groups in total. The van der Waals surface area contributed by atoms with Gasteiger partial charge in [-0.2, -0.15) is 13.8 Å². The van der Waals surface area contributed by atoms with Crippen LogP contribution in [0, 0.1) is 12.0 Å². The molecule has 1 rings (SSSR count). The maximum absolute atomic E-state index is 12.7. The molecular weight excluding hydrogens is 170 g/mol. The summed E-state index contributed by atoms with van der Waals surface area (Å²) in [5.74, 6) is -1.01. The highest BCUT2D eigenvalue weighted by molar-refractivity contribution is 5.00. The Morgan fingerprint density at radius 3 is 2.75 bits per heavy atom. The van der Waals surface area contributed by atoms with E-state index in [9.17, 15) is 8.78 Å². The van der Waals surface area contributed by atoms with E-state index in [0.29, 0.717) is 0 Å². The SMILES string of the molecule is COCn1c(F)nc(F)c1CO. The topological polar surface area (TPSA) is 47.3 Å². The number of rotatable bonds is 3. The van der Waals surface area contributed by atoms with Crippen LogP contribution in [0.4, 0.5) is 8.78 Å². The number of imidazole rings is 1. The van der Waals surface area contributed by atoms with Crippen LogP contribution in [-0.2, 0) is 18.1 Å². The van der Waals surface area contributed by atoms with Crippen molar-refractivity contribution in [2.75, 3.05) is 7.11 Å². The van der Waals surface area contributed by atoms with Crippen molar-refractivity contribution in [1.29, 1.82) is 0 Å². The van der Waals surface area contributed by atoms with Crippen LogP contribution in [0.3, 0.4) is 0 Å². The molecule has 0 unspecified atom stereocenters. The summed E-state index contributed by atoms with van der Waals surface area (Å²) >= 11 is 0. The highest BCUT2D eigenvalue weighted by Crippen LogP contribution is 2.09. The summed E-state index contributed by atoms with van der Waals surface area (Å²) < 4.78 is 30.7. The molecule has 0 aromatic carbocycles. The molecule has 0 aliphatic carbocycles. The van der Waals surface area contributed by atoms with Gasteiger partial charge in [-0.3, -0.25) is 4.57 Å². The van der Waals surface area contributed by atoms with Gasteiger partial charge in [0.05, 0.1) is 6.61 Å². The first-order valence-corrected chi connectivity index (χ1v) is 3.21. The highest BCUT2D eigenvalue weighted by Gasteiger charge is 2.15. The Morgan fingerprint density at radius 1 is 1.58 bits per heavy atom. The number of aliphatic hydroxyl groups is 1. The summed E-state index contributed by atoms with van der Waals surface area (Å²) in [6.07, 6.45) is -1.00. The molecule has 6 heteroatoms. The second kappa shape index (κ2) is 3.59. The molecule has 0 radical (unpaired) electrons. The van der Waals surface area contributed by atoms with E-state index in [-0.39, 0.29) is 12.4 Å². The van der Waals surface area contributed by atoms with Gasteiger partial charge in [0, 0.05) is 7.11 Å². The average molecular weight is 178 g/mol. The van der Waals surface area contributed by atoms with Crippen LogP contribution in [0.15, 0.2) is 0 Å². The van der Waals surface area contributed by atoms with Crippen LogP contribution >= 0.6 is 0 Å². The van der Waals surface area contributed by atoms with Crippen molar-refractivity contribution in [2.24, 2.45) is 0 Å². The first kappa shape index (κ1) is 9.08. The van der Waals surface area contributed by atoms with E-state index < -0.39 is 18.6 Å². The minimum absolute atomic E-state index is 0.168. The zero-order chi connectivity index (χ0) is 9.14. The lowest BCUT2D eigenvalue weighted by molar-refractivity contribution is 0.111. The summed E-state index contributed by atoms with van der Waals surface area (Å²) in [5.41, 5.74) is -0.214. The lowest BCUT2D eigenvalue weighted by atomic mass is 10.5. The number of nitrogens with zero attached hydrogens (tertiary/aromatic N) is 2. The summed E-state index contributed by atoms with van der Waals surface area (Å²) in [4.78, 5) is 2.89. The van der Waals surface area contributed by atoms with Crippen LogP contribution in [0.1, 0.15) is 5.69 Å². The predicted molar refractivity (Wildman–Crippen MR) is 35.1 cm³/mol. The van der Waals surface area contributed by atoms with Gasteiger partial charge in [-0.05, 0) is 0 Å². The minimum Gasteiger partial charge on any atom is -0.390 e. The predicted octanol–water partition coefficient (Wildman–Crippen LogP) is 0.258. The molecule has 0 spiro atoms. The van der Waals surface area contributed by atoms with Gasteiger partial charge < -0.3 is 9.84 Å². The average Bonchev–Trinajstić information content (AvgIpc) is 2.28. The Labute approximate surface area is 67.4 Å². The van der Waals surface area contributed by atoms with E-state index in [1.54, 1.807) is 0 Å². The molecule has 68 valence electrons. The molecule has 4 nitrogen and oxygen atoms in total. The molecule has 0 saturated carbocycles. The molecule has 0 saturated heterocycles. The number of hydrogen-bond donors (Lipinski definition) is 1. The number of hydrogen-bond acceptors (Lipinski definition) is 3. The first-order valence-electron chi connectivity index (χ1n) is 3.21. The van der Waals surface area contributed by atoms with Crippen molar-refractivity contribution >= 4 is 0 Å². The largest absolute Gasteiger partial charge is 0.390 e. The number of ether oxygens (including phenoxy) is 1. The van der Waals surface area contributed by atoms with E-state index in [4.69, 9.17) is 5.11 Å². The number of aliphatic hydroxyl groups excluding tert-OH is 1. The van der Waals surface area contributed by atoms with E-state index in [2.05, 4.69) is 9.72 Å². The smallest absolute Gasteiger partial charge is 0.294 e. The molecule has 0 atom stereocenters. The summed E-state index contributed by atoms with van der Waals surface area (Å²) in [7, 11) is 1.33. The Kier molecular flexibility index (Phi) is 2.72. The molecule has 1 heterocycles. The second-order valence-electron chi connectivity index (χ2n) is 2.12. The Hall–Kier alpha value is -1.01. The van der Waals surface area contributed by atoms with Gasteiger partial charge >= 0.3 is 0 Å². The first-order chi connectivity index (χ1) is 5.70. The Bertz CT molecular complexity index is 275. The zero-order valence-corrected chi connectivity index (χ0v) is 6.42. The minimum atomic E-state index is -1.01. The third-order valence-corrected chi connectivity index (χ3v) is 1.39. The van der Waals surface area contributed by atoms with Gasteiger partial charge in [0.15, 0.2) is 0 Å². The number of aromatic nitrogens is 2. The lowest BCUT2D eigenvalue weighted by Gasteiger charge is -2.03. The molecule has 0 aliphatic rings. The third kappa shape index (κ3) is 1.44. The standard InChI is InChI=1S/C6H8F2N2O2/c1-12-3-10-4(2-11)5(7)9-6(10)8/h11H,2-3H2,1H3. The maximum atomic E-state index is 12.7. The van der Waals surface area contributed by atoms with E-state index in [1.807, 2.05) is 0 Å². The molecule has 1 aromatic heterocycles. The number of methoxy groups -OCH3 is 1. The molecule has 1 aromatic rings. The monoisotopic (exact) mass is 178 g/mol. The summed E-state index contributed by atoms with van der Waals surface area (Å²) in [5, 5.41) is 8.62. The molecular formula is C6H8F2N2O2. The van der Waals surface area contributed by atoms with Gasteiger partial charge in [0.1, 0.15) is 12.4 Å². The molecule has 0 aliphatic heterocycles. The van der Waals surface area contributed by atoms with E-state index in [0.717, 1.165) is 4.57 Å². The fraction of sp³-hybridized carbons (Fsp3) is 0.500. The number of halogens is 2. The lowest BCUT2D eigenvalue weighted by Crippen LogP contribution is -2.07. The second-order valence-corrected chi connectivity index (χ2v) is 2.12. The van der Waals surface area contributed by atoms with Gasteiger partial charge in [0.25, 0.3) is 6.08 Å². The van der Waals surface area contributed by atoms with E-state index in [1.165, 1.54) is 7.11 Å². The van der Waals surface area contributed by atoms with Crippen molar-refractivity contribution in [2.45, 2.75) is 13.3 Å². The van der Waals surface area contributed by atoms with Gasteiger partial charge in [-0.25, -0.2) is 0 Å². The summed E-state index contributed by atoms with van der Waals surface area (Å²) in [6, 6.07) is 0. The normalized spacial score (nSPS) is 10.7. The molecule has 0 fully saturated rings. The van der Waals surface area contributed by atoms with Crippen LogP contribution < -0.4 is 0 Å². The van der Waals surface area contributed by atoms with E-state index >= 15 is 0 Å². The molecule has 12 heavy (non-hydrogen) atoms. The van der Waals surface area contributed by atoms with Crippen molar-refractivity contribution < 1.29 is 18.6 Å². The summed E-state index contributed by atoms with van der Waals surface area (Å²) in [6.45, 7) is -0.773. The molecule has 0 amide bonds. The Morgan fingerprint density at radius 2 is 2.25 bits per heavy atom. The van der Waals surface area contributed by atoms with Crippen LogP contribution in [-0.4, -0.2) is 21.8 Å². The van der Waals surface area contributed by atoms with Gasteiger partial charge in [-0.15, -0.1) is 0 Å². The zero-order valence-electron chi connectivity index (χ0n) is 6.42. The maximum Gasteiger partial charge on any atom is 0.294 e. The van der Waals surface area contributed by atoms with Gasteiger partial charge in [0.2, 0.25) is 5.95 Å². The third-order valence-electron chi connectivity index (χ3n) is 1.39. The highest BCUT2D eigenvalue weighted by atomic mass is 19.1. The van der Waals surface area contributed by atoms with Crippen molar-refractivity contribution in [3.63, 3.8) is 0 Å². The van der Waals surface area contributed by atoms with Crippen LogP contribution in [0.5, 0.6) is 0 Å². The van der Waals surface area contributed by atoms with Crippen LogP contribution in [0.25, 0.3) is 0 Å². The van der Waals surface area contributed by atoms with Crippen molar-refractivity contribution in [3.8, 4) is 0 Å².